The summed E-state index contributed by atoms with van der Waals surface area (Å²) < 4.78 is 6.21. The summed E-state index contributed by atoms with van der Waals surface area (Å²) in [5, 5.41) is 8.50. The van der Waals surface area contributed by atoms with E-state index in [0.717, 1.165) is 34.1 Å². The van der Waals surface area contributed by atoms with Crippen molar-refractivity contribution in [2.45, 2.75) is 25.7 Å². The highest BCUT2D eigenvalue weighted by Gasteiger charge is 2.25. The van der Waals surface area contributed by atoms with Gasteiger partial charge in [0.15, 0.2) is 0 Å². The predicted molar refractivity (Wildman–Crippen MR) is 106 cm³/mol. The Bertz CT molecular complexity index is 942. The van der Waals surface area contributed by atoms with Gasteiger partial charge in [-0.3, -0.25) is 4.79 Å². The van der Waals surface area contributed by atoms with Crippen molar-refractivity contribution in [3.63, 3.8) is 0 Å². The fourth-order valence-electron chi connectivity index (χ4n) is 3.12. The number of halogens is 2. The Morgan fingerprint density at radius 1 is 1.42 bits per heavy atom. The third-order valence-corrected chi connectivity index (χ3v) is 5.74. The summed E-state index contributed by atoms with van der Waals surface area (Å²) in [6.07, 6.45) is 2.56. The first kappa shape index (κ1) is 17.7. The Hall–Kier alpha value is -1.70. The molecule has 0 atom stereocenters. The maximum absolute atomic E-state index is 12.8. The van der Waals surface area contributed by atoms with E-state index in [0.29, 0.717) is 36.1 Å². The van der Waals surface area contributed by atoms with E-state index in [4.69, 9.17) is 16.1 Å². The van der Waals surface area contributed by atoms with Crippen molar-refractivity contribution in [2.24, 2.45) is 0 Å². The highest BCUT2D eigenvalue weighted by Crippen LogP contribution is 2.37. The minimum atomic E-state index is 0.0189. The average Bonchev–Trinajstić information content (AvgIpc) is 3.30. The molecular formula is C18H15BrClN3O2S. The van der Waals surface area contributed by atoms with Crippen molar-refractivity contribution < 1.29 is 9.32 Å². The van der Waals surface area contributed by atoms with Gasteiger partial charge in [0.1, 0.15) is 0 Å². The molecular weight excluding hydrogens is 438 g/mol. The molecule has 0 spiro atoms. The maximum atomic E-state index is 12.8. The lowest BCUT2D eigenvalue weighted by Gasteiger charge is -2.30. The standard InChI is InChI=1S/C18H15BrClN3O2S/c19-13-8-11-2-1-6-23(17(11)14(20)9-13)16(24)4-3-15-21-18(22-25-15)12-5-7-26-10-12/h5,7-10H,1-4,6H2. The number of amides is 1. The second-order valence-electron chi connectivity index (χ2n) is 6.07. The lowest BCUT2D eigenvalue weighted by Crippen LogP contribution is -2.35. The fourth-order valence-corrected chi connectivity index (χ4v) is 4.73. The quantitative estimate of drug-likeness (QED) is 0.551. The largest absolute Gasteiger partial charge is 0.339 e. The Kier molecular flexibility index (Phi) is 5.11. The number of nitrogens with zero attached hydrogens (tertiary/aromatic N) is 3. The number of hydrogen-bond acceptors (Lipinski definition) is 5. The summed E-state index contributed by atoms with van der Waals surface area (Å²) >= 11 is 11.4. The van der Waals surface area contributed by atoms with Crippen LogP contribution in [-0.2, 0) is 17.6 Å². The molecule has 0 fully saturated rings. The molecule has 0 saturated heterocycles. The van der Waals surface area contributed by atoms with E-state index in [2.05, 4.69) is 26.1 Å². The number of rotatable bonds is 4. The van der Waals surface area contributed by atoms with E-state index >= 15 is 0 Å². The highest BCUT2D eigenvalue weighted by atomic mass is 79.9. The van der Waals surface area contributed by atoms with Gasteiger partial charge >= 0.3 is 0 Å². The van der Waals surface area contributed by atoms with E-state index < -0.39 is 0 Å². The van der Waals surface area contributed by atoms with Crippen LogP contribution >= 0.6 is 38.9 Å². The van der Waals surface area contributed by atoms with Gasteiger partial charge in [0.25, 0.3) is 0 Å². The van der Waals surface area contributed by atoms with Crippen LogP contribution in [0.1, 0.15) is 24.3 Å². The van der Waals surface area contributed by atoms with Gasteiger partial charge in [-0.1, -0.05) is 32.7 Å². The second-order valence-corrected chi connectivity index (χ2v) is 8.17. The third kappa shape index (κ3) is 3.56. The number of aromatic nitrogens is 2. The lowest BCUT2D eigenvalue weighted by molar-refractivity contribution is -0.118. The van der Waals surface area contributed by atoms with Crippen LogP contribution in [0.5, 0.6) is 0 Å². The number of carbonyl (C=O) groups is 1. The Morgan fingerprint density at radius 2 is 2.31 bits per heavy atom. The molecule has 5 nitrogen and oxygen atoms in total. The smallest absolute Gasteiger partial charge is 0.227 e. The predicted octanol–water partition coefficient (Wildman–Crippen LogP) is 5.13. The van der Waals surface area contributed by atoms with Gasteiger partial charge in [0.2, 0.25) is 17.6 Å². The minimum Gasteiger partial charge on any atom is -0.339 e. The molecule has 26 heavy (non-hydrogen) atoms. The molecule has 134 valence electrons. The van der Waals surface area contributed by atoms with Gasteiger partial charge < -0.3 is 9.42 Å². The molecule has 0 saturated carbocycles. The monoisotopic (exact) mass is 451 g/mol. The van der Waals surface area contributed by atoms with Crippen LogP contribution in [0.2, 0.25) is 5.02 Å². The van der Waals surface area contributed by atoms with Crippen molar-refractivity contribution in [3.8, 4) is 11.4 Å². The number of benzene rings is 1. The summed E-state index contributed by atoms with van der Waals surface area (Å²) in [5.74, 6) is 1.05. The van der Waals surface area contributed by atoms with Crippen molar-refractivity contribution in [1.29, 1.82) is 0 Å². The SMILES string of the molecule is O=C(CCc1nc(-c2ccsc2)no1)N1CCCc2cc(Br)cc(Cl)c21. The minimum absolute atomic E-state index is 0.0189. The summed E-state index contributed by atoms with van der Waals surface area (Å²) in [5.41, 5.74) is 2.86. The normalized spacial score (nSPS) is 13.7. The van der Waals surface area contributed by atoms with Gasteiger partial charge in [0, 0.05) is 34.8 Å². The zero-order chi connectivity index (χ0) is 18.1. The molecule has 4 rings (SSSR count). The van der Waals surface area contributed by atoms with Crippen LogP contribution in [0.25, 0.3) is 11.4 Å². The molecule has 3 heterocycles. The van der Waals surface area contributed by atoms with Crippen molar-refractivity contribution in [2.75, 3.05) is 11.4 Å². The molecule has 0 aliphatic carbocycles. The molecule has 1 amide bonds. The molecule has 0 unspecified atom stereocenters. The van der Waals surface area contributed by atoms with Crippen LogP contribution in [0.3, 0.4) is 0 Å². The van der Waals surface area contributed by atoms with Gasteiger partial charge in [-0.05, 0) is 42.0 Å². The van der Waals surface area contributed by atoms with Crippen LogP contribution in [0.15, 0.2) is 38.0 Å². The van der Waals surface area contributed by atoms with Crippen molar-refractivity contribution in [1.82, 2.24) is 10.1 Å². The molecule has 0 radical (unpaired) electrons. The van der Waals surface area contributed by atoms with Gasteiger partial charge in [-0.25, -0.2) is 0 Å². The van der Waals surface area contributed by atoms with Crippen molar-refractivity contribution in [3.05, 3.63) is 49.9 Å². The van der Waals surface area contributed by atoms with E-state index in [-0.39, 0.29) is 5.91 Å². The molecule has 1 aliphatic heterocycles. The molecule has 8 heteroatoms. The number of carbonyl (C=O) groups excluding carboxylic acids is 1. The average molecular weight is 453 g/mol. The summed E-state index contributed by atoms with van der Waals surface area (Å²) in [6.45, 7) is 0.678. The number of hydrogen-bond donors (Lipinski definition) is 0. The van der Waals surface area contributed by atoms with Gasteiger partial charge in [-0.15, -0.1) is 0 Å². The number of fused-ring (bicyclic) bond motifs is 1. The summed E-state index contributed by atoms with van der Waals surface area (Å²) in [6, 6.07) is 5.80. The van der Waals surface area contributed by atoms with Crippen LogP contribution in [-0.4, -0.2) is 22.6 Å². The molecule has 2 aromatic heterocycles. The maximum Gasteiger partial charge on any atom is 0.227 e. The molecule has 0 N–H and O–H groups in total. The van der Waals surface area contributed by atoms with Crippen LogP contribution in [0.4, 0.5) is 5.69 Å². The first-order valence-corrected chi connectivity index (χ1v) is 10.4. The third-order valence-electron chi connectivity index (χ3n) is 4.31. The first-order valence-electron chi connectivity index (χ1n) is 8.25. The van der Waals surface area contributed by atoms with E-state index in [1.165, 1.54) is 0 Å². The molecule has 1 aliphatic rings. The fraction of sp³-hybridized carbons (Fsp3) is 0.278. The Morgan fingerprint density at radius 3 is 3.12 bits per heavy atom. The van der Waals surface area contributed by atoms with Crippen molar-refractivity contribution >= 4 is 50.5 Å². The Labute approximate surface area is 168 Å². The summed E-state index contributed by atoms with van der Waals surface area (Å²) in [4.78, 5) is 18.9. The zero-order valence-electron chi connectivity index (χ0n) is 13.7. The number of aryl methyl sites for hydroxylation is 2. The zero-order valence-corrected chi connectivity index (χ0v) is 16.9. The Balaban J connectivity index is 1.47. The second kappa shape index (κ2) is 7.50. The highest BCUT2D eigenvalue weighted by molar-refractivity contribution is 9.10. The number of anilines is 1. The van der Waals surface area contributed by atoms with Gasteiger partial charge in [0.05, 0.1) is 10.7 Å². The van der Waals surface area contributed by atoms with E-state index in [9.17, 15) is 4.79 Å². The van der Waals surface area contributed by atoms with Gasteiger partial charge in [-0.2, -0.15) is 16.3 Å². The summed E-state index contributed by atoms with van der Waals surface area (Å²) in [7, 11) is 0. The topological polar surface area (TPSA) is 59.2 Å². The lowest BCUT2D eigenvalue weighted by atomic mass is 10.0. The molecule has 3 aromatic rings. The van der Waals surface area contributed by atoms with Crippen LogP contribution in [0, 0.1) is 0 Å². The van der Waals surface area contributed by atoms with Crippen LogP contribution < -0.4 is 4.90 Å². The van der Waals surface area contributed by atoms with E-state index in [1.54, 1.807) is 16.2 Å². The first-order chi connectivity index (χ1) is 12.6. The van der Waals surface area contributed by atoms with E-state index in [1.807, 2.05) is 29.0 Å². The molecule has 1 aromatic carbocycles. The number of thiophene rings is 1. The molecule has 0 bridgehead atoms.